The number of amides is 1. The first-order chi connectivity index (χ1) is 12.0. The van der Waals surface area contributed by atoms with Crippen LogP contribution in [0.2, 0.25) is 0 Å². The van der Waals surface area contributed by atoms with Gasteiger partial charge in [0.2, 0.25) is 5.91 Å². The van der Waals surface area contributed by atoms with E-state index in [-0.39, 0.29) is 5.91 Å². The van der Waals surface area contributed by atoms with E-state index in [0.717, 1.165) is 23.7 Å². The van der Waals surface area contributed by atoms with Gasteiger partial charge in [-0.1, -0.05) is 37.6 Å². The van der Waals surface area contributed by atoms with Gasteiger partial charge < -0.3 is 5.32 Å². The first-order valence-electron chi connectivity index (χ1n) is 8.92. The lowest BCUT2D eigenvalue weighted by atomic mass is 9.87. The van der Waals surface area contributed by atoms with Crippen LogP contribution in [0.3, 0.4) is 0 Å². The third-order valence-electron chi connectivity index (χ3n) is 4.92. The number of aromatic nitrogens is 3. The molecule has 1 aromatic heterocycles. The zero-order valence-electron chi connectivity index (χ0n) is 15.2. The van der Waals surface area contributed by atoms with Crippen molar-refractivity contribution in [3.05, 3.63) is 35.7 Å². The maximum absolute atomic E-state index is 12.3. The fraction of sp³-hybridized carbons (Fsp3) is 0.526. The molecule has 1 aliphatic rings. The molecule has 25 heavy (non-hydrogen) atoms. The molecule has 1 N–H and O–H groups in total. The number of nitrogens with zero attached hydrogens (tertiary/aromatic N) is 3. The monoisotopic (exact) mass is 358 g/mol. The van der Waals surface area contributed by atoms with Crippen molar-refractivity contribution in [3.63, 3.8) is 0 Å². The van der Waals surface area contributed by atoms with Crippen molar-refractivity contribution in [3.8, 4) is 5.69 Å². The zero-order valence-corrected chi connectivity index (χ0v) is 16.0. The van der Waals surface area contributed by atoms with Crippen LogP contribution in [0.15, 0.2) is 29.7 Å². The Kier molecular flexibility index (Phi) is 5.78. The number of carbonyl (C=O) groups is 1. The third-order valence-corrected chi connectivity index (χ3v) is 5.86. The second-order valence-corrected chi connectivity index (χ2v) is 8.02. The topological polar surface area (TPSA) is 59.8 Å². The van der Waals surface area contributed by atoms with Gasteiger partial charge in [-0.15, -0.1) is 10.2 Å². The van der Waals surface area contributed by atoms with E-state index in [1.54, 1.807) is 6.33 Å². The van der Waals surface area contributed by atoms with Crippen LogP contribution in [0.25, 0.3) is 5.69 Å². The number of rotatable bonds is 5. The van der Waals surface area contributed by atoms with Crippen molar-refractivity contribution in [2.45, 2.75) is 57.7 Å². The molecule has 0 saturated heterocycles. The number of nitrogens with one attached hydrogen (secondary N) is 1. The summed E-state index contributed by atoms with van der Waals surface area (Å²) in [5, 5.41) is 12.1. The maximum Gasteiger partial charge on any atom is 0.230 e. The summed E-state index contributed by atoms with van der Waals surface area (Å²) in [4.78, 5) is 12.3. The lowest BCUT2D eigenvalue weighted by Gasteiger charge is -2.27. The molecule has 1 aliphatic carbocycles. The first kappa shape index (κ1) is 18.0. The van der Waals surface area contributed by atoms with Crippen LogP contribution >= 0.6 is 11.8 Å². The lowest BCUT2D eigenvalue weighted by Crippen LogP contribution is -2.38. The highest BCUT2D eigenvalue weighted by Gasteiger charge is 2.20. The van der Waals surface area contributed by atoms with Crippen LogP contribution < -0.4 is 5.32 Å². The lowest BCUT2D eigenvalue weighted by molar-refractivity contribution is -0.119. The van der Waals surface area contributed by atoms with Crippen LogP contribution in [0.4, 0.5) is 0 Å². The second-order valence-electron chi connectivity index (χ2n) is 7.08. The van der Waals surface area contributed by atoms with E-state index in [4.69, 9.17) is 0 Å². The minimum absolute atomic E-state index is 0.0822. The molecule has 2 unspecified atom stereocenters. The molecule has 0 spiro atoms. The van der Waals surface area contributed by atoms with Gasteiger partial charge in [0.1, 0.15) is 6.33 Å². The average molecular weight is 359 g/mol. The summed E-state index contributed by atoms with van der Waals surface area (Å²) in [5.41, 5.74) is 3.51. The molecule has 1 heterocycles. The van der Waals surface area contributed by atoms with Gasteiger partial charge in [0, 0.05) is 11.7 Å². The minimum atomic E-state index is 0.0822. The number of hydrogen-bond donors (Lipinski definition) is 1. The van der Waals surface area contributed by atoms with E-state index in [0.29, 0.717) is 17.7 Å². The van der Waals surface area contributed by atoms with Gasteiger partial charge in [-0.25, -0.2) is 0 Å². The number of carbonyl (C=O) groups excluding carboxylic acids is 1. The van der Waals surface area contributed by atoms with Crippen LogP contribution in [0, 0.1) is 19.8 Å². The molecule has 1 fully saturated rings. The zero-order chi connectivity index (χ0) is 17.8. The van der Waals surface area contributed by atoms with Crippen molar-refractivity contribution in [1.29, 1.82) is 0 Å². The fourth-order valence-electron chi connectivity index (χ4n) is 3.34. The van der Waals surface area contributed by atoms with Gasteiger partial charge in [-0.05, 0) is 55.9 Å². The van der Waals surface area contributed by atoms with E-state index >= 15 is 0 Å². The summed E-state index contributed by atoms with van der Waals surface area (Å²) in [6.45, 7) is 6.45. The SMILES string of the molecule is Cc1ccc(-n2cnnc2SCC(=O)NC2CCCC(C)C2)cc1C. The second kappa shape index (κ2) is 8.04. The van der Waals surface area contributed by atoms with Crippen molar-refractivity contribution in [2.75, 3.05) is 5.75 Å². The Morgan fingerprint density at radius 1 is 1.32 bits per heavy atom. The Bertz CT molecular complexity index is 743. The minimum Gasteiger partial charge on any atom is -0.353 e. The molecule has 6 heteroatoms. The third kappa shape index (κ3) is 4.63. The molecule has 0 aliphatic heterocycles. The predicted molar refractivity (Wildman–Crippen MR) is 101 cm³/mol. The van der Waals surface area contributed by atoms with Crippen LogP contribution in [0.1, 0.15) is 43.7 Å². The van der Waals surface area contributed by atoms with Crippen LogP contribution in [0.5, 0.6) is 0 Å². The molecule has 2 atom stereocenters. The maximum atomic E-state index is 12.3. The largest absolute Gasteiger partial charge is 0.353 e. The van der Waals surface area contributed by atoms with Crippen LogP contribution in [-0.4, -0.2) is 32.5 Å². The summed E-state index contributed by atoms with van der Waals surface area (Å²) in [7, 11) is 0. The first-order valence-corrected chi connectivity index (χ1v) is 9.91. The molecule has 2 aromatic rings. The van der Waals surface area contributed by atoms with Gasteiger partial charge in [-0.2, -0.15) is 0 Å². The van der Waals surface area contributed by atoms with Crippen molar-refractivity contribution < 1.29 is 4.79 Å². The van der Waals surface area contributed by atoms with Gasteiger partial charge in [-0.3, -0.25) is 9.36 Å². The summed E-state index contributed by atoms with van der Waals surface area (Å²) >= 11 is 1.43. The van der Waals surface area contributed by atoms with Gasteiger partial charge in [0.25, 0.3) is 0 Å². The Morgan fingerprint density at radius 2 is 2.16 bits per heavy atom. The molecule has 0 bridgehead atoms. The van der Waals surface area contributed by atoms with E-state index in [1.807, 2.05) is 4.57 Å². The average Bonchev–Trinajstić information content (AvgIpc) is 3.04. The number of hydrogen-bond acceptors (Lipinski definition) is 4. The molecule has 5 nitrogen and oxygen atoms in total. The Balaban J connectivity index is 1.59. The number of benzene rings is 1. The molecule has 134 valence electrons. The quantitative estimate of drug-likeness (QED) is 0.829. The van der Waals surface area contributed by atoms with Crippen molar-refractivity contribution in [1.82, 2.24) is 20.1 Å². The van der Waals surface area contributed by atoms with E-state index in [1.165, 1.54) is 35.7 Å². The normalized spacial score (nSPS) is 20.4. The Labute approximate surface area is 153 Å². The van der Waals surface area contributed by atoms with Crippen LogP contribution in [-0.2, 0) is 4.79 Å². The molecule has 1 saturated carbocycles. The van der Waals surface area contributed by atoms with E-state index < -0.39 is 0 Å². The summed E-state index contributed by atoms with van der Waals surface area (Å²) in [6, 6.07) is 6.59. The highest BCUT2D eigenvalue weighted by atomic mass is 32.2. The highest BCUT2D eigenvalue weighted by molar-refractivity contribution is 7.99. The molecule has 1 amide bonds. The van der Waals surface area contributed by atoms with Gasteiger partial charge >= 0.3 is 0 Å². The molecular weight excluding hydrogens is 332 g/mol. The van der Waals surface area contributed by atoms with Crippen molar-refractivity contribution in [2.24, 2.45) is 5.92 Å². The summed E-state index contributed by atoms with van der Waals surface area (Å²) in [5.74, 6) is 1.16. The van der Waals surface area contributed by atoms with Gasteiger partial charge in [0.05, 0.1) is 5.75 Å². The fourth-order valence-corrected chi connectivity index (χ4v) is 4.08. The van der Waals surface area contributed by atoms with E-state index in [9.17, 15) is 4.79 Å². The van der Waals surface area contributed by atoms with Gasteiger partial charge in [0.15, 0.2) is 5.16 Å². The number of aryl methyl sites for hydroxylation is 2. The predicted octanol–water partition coefficient (Wildman–Crippen LogP) is 3.67. The Morgan fingerprint density at radius 3 is 2.92 bits per heavy atom. The smallest absolute Gasteiger partial charge is 0.230 e. The Hall–Kier alpha value is -1.82. The molecule has 1 aromatic carbocycles. The summed E-state index contributed by atoms with van der Waals surface area (Å²) < 4.78 is 1.94. The molecule has 3 rings (SSSR count). The van der Waals surface area contributed by atoms with Crippen molar-refractivity contribution >= 4 is 17.7 Å². The summed E-state index contributed by atoms with van der Waals surface area (Å²) in [6.07, 6.45) is 6.38. The molecule has 0 radical (unpaired) electrons. The highest BCUT2D eigenvalue weighted by Crippen LogP contribution is 2.24. The number of thioether (sulfide) groups is 1. The molecular formula is C19H26N4OS. The van der Waals surface area contributed by atoms with E-state index in [2.05, 4.69) is 54.5 Å². The standard InChI is InChI=1S/C19H26N4OS/c1-13-5-4-6-16(9-13)21-18(24)11-25-19-22-20-12-23(19)17-8-7-14(2)15(3)10-17/h7-8,10,12-13,16H,4-6,9,11H2,1-3H3,(H,21,24).